The number of rotatable bonds is 8. The molecule has 3 aromatic rings. The van der Waals surface area contributed by atoms with Crippen molar-refractivity contribution < 1.29 is 14.0 Å². The Morgan fingerprint density at radius 3 is 2.37 bits per heavy atom. The summed E-state index contributed by atoms with van der Waals surface area (Å²) >= 11 is 0. The van der Waals surface area contributed by atoms with Gasteiger partial charge in [0.25, 0.3) is 0 Å². The first kappa shape index (κ1) is 18.9. The SMILES string of the molecule is COc1ccc(-c2noc(CN(Cc3ccccc3)C(C)C)n2)cc1OC. The number of nitrogens with zero attached hydrogens (tertiary/aromatic N) is 3. The molecule has 1 heterocycles. The molecule has 6 nitrogen and oxygen atoms in total. The van der Waals surface area contributed by atoms with Crippen LogP contribution >= 0.6 is 0 Å². The molecule has 2 aromatic carbocycles. The Labute approximate surface area is 159 Å². The molecule has 0 amide bonds. The lowest BCUT2D eigenvalue weighted by molar-refractivity contribution is 0.176. The predicted octanol–water partition coefficient (Wildman–Crippen LogP) is 4.16. The van der Waals surface area contributed by atoms with E-state index in [2.05, 4.69) is 53.2 Å². The Morgan fingerprint density at radius 2 is 1.70 bits per heavy atom. The minimum Gasteiger partial charge on any atom is -0.493 e. The van der Waals surface area contributed by atoms with E-state index in [4.69, 9.17) is 14.0 Å². The minimum atomic E-state index is 0.349. The zero-order valence-electron chi connectivity index (χ0n) is 16.2. The van der Waals surface area contributed by atoms with E-state index >= 15 is 0 Å². The summed E-state index contributed by atoms with van der Waals surface area (Å²) in [4.78, 5) is 6.85. The Bertz CT molecular complexity index is 862. The van der Waals surface area contributed by atoms with Gasteiger partial charge in [0, 0.05) is 18.2 Å². The minimum absolute atomic E-state index is 0.349. The lowest BCUT2D eigenvalue weighted by Crippen LogP contribution is -2.29. The normalized spacial score (nSPS) is 11.2. The summed E-state index contributed by atoms with van der Waals surface area (Å²) in [5, 5.41) is 4.13. The van der Waals surface area contributed by atoms with E-state index in [1.807, 2.05) is 24.3 Å². The van der Waals surface area contributed by atoms with Crippen LogP contribution in [0.2, 0.25) is 0 Å². The van der Waals surface area contributed by atoms with E-state index in [0.717, 1.165) is 12.1 Å². The second-order valence-corrected chi connectivity index (χ2v) is 6.57. The van der Waals surface area contributed by atoms with Gasteiger partial charge in [-0.1, -0.05) is 35.5 Å². The Hall–Kier alpha value is -2.86. The number of hydrogen-bond acceptors (Lipinski definition) is 6. The molecule has 0 bridgehead atoms. The maximum atomic E-state index is 5.49. The van der Waals surface area contributed by atoms with Gasteiger partial charge in [0.05, 0.1) is 20.8 Å². The van der Waals surface area contributed by atoms with Crippen molar-refractivity contribution in [2.45, 2.75) is 33.0 Å². The van der Waals surface area contributed by atoms with E-state index in [1.54, 1.807) is 14.2 Å². The van der Waals surface area contributed by atoms with Crippen LogP contribution in [0.4, 0.5) is 0 Å². The molecule has 6 heteroatoms. The van der Waals surface area contributed by atoms with E-state index < -0.39 is 0 Å². The molecule has 0 saturated carbocycles. The molecule has 27 heavy (non-hydrogen) atoms. The van der Waals surface area contributed by atoms with Gasteiger partial charge in [0.1, 0.15) is 0 Å². The third-order valence-corrected chi connectivity index (χ3v) is 4.41. The molecule has 0 N–H and O–H groups in total. The smallest absolute Gasteiger partial charge is 0.241 e. The molecular weight excluding hydrogens is 342 g/mol. The zero-order valence-corrected chi connectivity index (χ0v) is 16.2. The van der Waals surface area contributed by atoms with E-state index in [0.29, 0.717) is 35.8 Å². The predicted molar refractivity (Wildman–Crippen MR) is 104 cm³/mol. The highest BCUT2D eigenvalue weighted by atomic mass is 16.5. The first-order valence-corrected chi connectivity index (χ1v) is 8.93. The average molecular weight is 367 g/mol. The van der Waals surface area contributed by atoms with Crippen molar-refractivity contribution in [3.05, 3.63) is 60.0 Å². The van der Waals surface area contributed by atoms with Crippen LogP contribution in [0.1, 0.15) is 25.3 Å². The van der Waals surface area contributed by atoms with Crippen molar-refractivity contribution in [2.75, 3.05) is 14.2 Å². The summed E-state index contributed by atoms with van der Waals surface area (Å²) in [6, 6.07) is 16.3. The molecule has 3 rings (SSSR count). The fourth-order valence-electron chi connectivity index (χ4n) is 2.82. The van der Waals surface area contributed by atoms with Gasteiger partial charge in [-0.25, -0.2) is 0 Å². The van der Waals surface area contributed by atoms with Crippen molar-refractivity contribution in [3.8, 4) is 22.9 Å². The van der Waals surface area contributed by atoms with Crippen LogP contribution in [0.5, 0.6) is 11.5 Å². The maximum Gasteiger partial charge on any atom is 0.241 e. The Morgan fingerprint density at radius 1 is 0.963 bits per heavy atom. The van der Waals surface area contributed by atoms with Crippen molar-refractivity contribution in [3.63, 3.8) is 0 Å². The third-order valence-electron chi connectivity index (χ3n) is 4.41. The zero-order chi connectivity index (χ0) is 19.2. The van der Waals surface area contributed by atoms with Gasteiger partial charge < -0.3 is 14.0 Å². The molecule has 0 unspecified atom stereocenters. The average Bonchev–Trinajstić information content (AvgIpc) is 3.16. The van der Waals surface area contributed by atoms with Crippen molar-refractivity contribution in [2.24, 2.45) is 0 Å². The van der Waals surface area contributed by atoms with E-state index in [-0.39, 0.29) is 0 Å². The van der Waals surface area contributed by atoms with Gasteiger partial charge in [-0.15, -0.1) is 0 Å². The van der Waals surface area contributed by atoms with Crippen LogP contribution in [0.25, 0.3) is 11.4 Å². The fourth-order valence-corrected chi connectivity index (χ4v) is 2.82. The maximum absolute atomic E-state index is 5.49. The highest BCUT2D eigenvalue weighted by Crippen LogP contribution is 2.31. The monoisotopic (exact) mass is 367 g/mol. The molecule has 142 valence electrons. The molecule has 1 aromatic heterocycles. The van der Waals surface area contributed by atoms with E-state index in [9.17, 15) is 0 Å². The van der Waals surface area contributed by atoms with Crippen LogP contribution in [0.3, 0.4) is 0 Å². The number of aromatic nitrogens is 2. The largest absolute Gasteiger partial charge is 0.493 e. The highest BCUT2D eigenvalue weighted by molar-refractivity contribution is 5.60. The van der Waals surface area contributed by atoms with Crippen LogP contribution in [0, 0.1) is 0 Å². The lowest BCUT2D eigenvalue weighted by Gasteiger charge is -2.24. The molecule has 0 aliphatic heterocycles. The number of methoxy groups -OCH3 is 2. The summed E-state index contributed by atoms with van der Waals surface area (Å²) in [5.41, 5.74) is 2.08. The van der Waals surface area contributed by atoms with Crippen LogP contribution in [-0.4, -0.2) is 35.3 Å². The quantitative estimate of drug-likeness (QED) is 0.596. The highest BCUT2D eigenvalue weighted by Gasteiger charge is 2.17. The van der Waals surface area contributed by atoms with Crippen LogP contribution < -0.4 is 9.47 Å². The summed E-state index contributed by atoms with van der Waals surface area (Å²) in [6.45, 7) is 5.74. The summed E-state index contributed by atoms with van der Waals surface area (Å²) in [6.07, 6.45) is 0. The van der Waals surface area contributed by atoms with Gasteiger partial charge in [-0.05, 0) is 37.6 Å². The van der Waals surface area contributed by atoms with Crippen molar-refractivity contribution in [1.29, 1.82) is 0 Å². The van der Waals surface area contributed by atoms with Gasteiger partial charge in [0.2, 0.25) is 11.7 Å². The molecule has 0 aliphatic carbocycles. The van der Waals surface area contributed by atoms with Crippen LogP contribution in [-0.2, 0) is 13.1 Å². The lowest BCUT2D eigenvalue weighted by atomic mass is 10.2. The fraction of sp³-hybridized carbons (Fsp3) is 0.333. The second-order valence-electron chi connectivity index (χ2n) is 6.57. The molecule has 0 saturated heterocycles. The van der Waals surface area contributed by atoms with Gasteiger partial charge in [0.15, 0.2) is 11.5 Å². The first-order chi connectivity index (χ1) is 13.1. The molecule has 0 fully saturated rings. The Kier molecular flexibility index (Phi) is 6.08. The molecular formula is C21H25N3O3. The van der Waals surface area contributed by atoms with Gasteiger partial charge >= 0.3 is 0 Å². The van der Waals surface area contributed by atoms with Crippen molar-refractivity contribution in [1.82, 2.24) is 15.0 Å². The molecule has 0 atom stereocenters. The van der Waals surface area contributed by atoms with Crippen LogP contribution in [0.15, 0.2) is 53.1 Å². The summed E-state index contributed by atoms with van der Waals surface area (Å²) in [7, 11) is 3.21. The van der Waals surface area contributed by atoms with E-state index in [1.165, 1.54) is 5.56 Å². The first-order valence-electron chi connectivity index (χ1n) is 8.93. The van der Waals surface area contributed by atoms with Gasteiger partial charge in [-0.2, -0.15) is 4.98 Å². The molecule has 0 radical (unpaired) electrons. The van der Waals surface area contributed by atoms with Gasteiger partial charge in [-0.3, -0.25) is 4.90 Å². The topological polar surface area (TPSA) is 60.6 Å². The second kappa shape index (κ2) is 8.68. The Balaban J connectivity index is 1.76. The molecule has 0 spiro atoms. The number of hydrogen-bond donors (Lipinski definition) is 0. The number of ether oxygens (including phenoxy) is 2. The number of benzene rings is 2. The summed E-state index contributed by atoms with van der Waals surface area (Å²) < 4.78 is 16.1. The van der Waals surface area contributed by atoms with Crippen molar-refractivity contribution >= 4 is 0 Å². The summed E-state index contributed by atoms with van der Waals surface area (Å²) in [5.74, 6) is 2.42. The third kappa shape index (κ3) is 4.65. The standard InChI is InChI=1S/C21H25N3O3/c1-15(2)24(13-16-8-6-5-7-9-16)14-20-22-21(23-27-20)17-10-11-18(25-3)19(12-17)26-4/h5-12,15H,13-14H2,1-4H3. The molecule has 0 aliphatic rings.